The van der Waals surface area contributed by atoms with Gasteiger partial charge in [0.1, 0.15) is 5.60 Å². The zero-order valence-electron chi connectivity index (χ0n) is 15.4. The quantitative estimate of drug-likeness (QED) is 0.846. The van der Waals surface area contributed by atoms with Crippen molar-refractivity contribution < 1.29 is 24.2 Å². The third kappa shape index (κ3) is 4.72. The number of nitrogens with zero attached hydrogens (tertiary/aromatic N) is 1. The molecule has 0 spiro atoms. The second-order valence-electron chi connectivity index (χ2n) is 7.25. The first-order chi connectivity index (χ1) is 11.8. The van der Waals surface area contributed by atoms with E-state index in [4.69, 9.17) is 9.47 Å². The fourth-order valence-corrected chi connectivity index (χ4v) is 3.08. The first-order valence-electron chi connectivity index (χ1n) is 8.58. The lowest BCUT2D eigenvalue weighted by molar-refractivity contribution is 0.00946. The molecule has 0 saturated carbocycles. The summed E-state index contributed by atoms with van der Waals surface area (Å²) in [5.41, 5.74) is 1.18. The van der Waals surface area contributed by atoms with Crippen LogP contribution in [-0.2, 0) is 16.1 Å². The highest BCUT2D eigenvalue weighted by molar-refractivity contribution is 5.91. The molecule has 1 aliphatic heterocycles. The number of methoxy groups -OCH3 is 1. The van der Waals surface area contributed by atoms with E-state index in [1.54, 1.807) is 17.0 Å². The van der Waals surface area contributed by atoms with Gasteiger partial charge in [-0.25, -0.2) is 9.59 Å². The second kappa shape index (κ2) is 7.87. The van der Waals surface area contributed by atoms with Gasteiger partial charge in [0.05, 0.1) is 25.3 Å². The summed E-state index contributed by atoms with van der Waals surface area (Å²) in [4.78, 5) is 26.1. The average Bonchev–Trinajstić information content (AvgIpc) is 2.59. The molecule has 6 nitrogen and oxygen atoms in total. The van der Waals surface area contributed by atoms with Gasteiger partial charge in [-0.1, -0.05) is 12.1 Å². The number of carbonyl (C=O) groups excluding carboxylic acids is 2. The van der Waals surface area contributed by atoms with Crippen LogP contribution in [0.5, 0.6) is 0 Å². The summed E-state index contributed by atoms with van der Waals surface area (Å²) in [5.74, 6) is -0.483. The van der Waals surface area contributed by atoms with Gasteiger partial charge in [0, 0.05) is 6.54 Å². The molecule has 1 saturated heterocycles. The van der Waals surface area contributed by atoms with Crippen molar-refractivity contribution in [1.29, 1.82) is 0 Å². The number of hydrogen-bond donors (Lipinski definition) is 1. The lowest BCUT2D eigenvalue weighted by Crippen LogP contribution is -2.41. The Morgan fingerprint density at radius 1 is 1.28 bits per heavy atom. The Bertz CT molecular complexity index is 635. The highest BCUT2D eigenvalue weighted by atomic mass is 16.6. The predicted molar refractivity (Wildman–Crippen MR) is 93.2 cm³/mol. The molecule has 1 unspecified atom stereocenters. The molecule has 1 aromatic carbocycles. The number of benzene rings is 1. The summed E-state index contributed by atoms with van der Waals surface area (Å²) in [6.07, 6.45) is 2.43. The van der Waals surface area contributed by atoms with Gasteiger partial charge in [-0.2, -0.15) is 0 Å². The Morgan fingerprint density at radius 2 is 2.00 bits per heavy atom. The first-order valence-corrected chi connectivity index (χ1v) is 8.58. The van der Waals surface area contributed by atoms with Gasteiger partial charge in [0.15, 0.2) is 0 Å². The van der Waals surface area contributed by atoms with Crippen molar-refractivity contribution in [3.8, 4) is 0 Å². The van der Waals surface area contributed by atoms with E-state index in [9.17, 15) is 14.7 Å². The largest absolute Gasteiger partial charge is 0.465 e. The molecule has 1 aliphatic rings. The number of piperidine rings is 1. The topological polar surface area (TPSA) is 76.1 Å². The number of carbonyl (C=O) groups is 2. The molecular formula is C19H27NO5. The second-order valence-corrected chi connectivity index (χ2v) is 7.25. The summed E-state index contributed by atoms with van der Waals surface area (Å²) in [6, 6.07) is 5.12. The molecule has 6 heteroatoms. The number of likely N-dealkylation sites (tertiary alicyclic amines) is 1. The highest BCUT2D eigenvalue weighted by Crippen LogP contribution is 2.33. The van der Waals surface area contributed by atoms with E-state index in [1.165, 1.54) is 7.11 Å². The molecule has 0 bridgehead atoms. The summed E-state index contributed by atoms with van der Waals surface area (Å²) < 4.78 is 10.3. The van der Waals surface area contributed by atoms with Crippen LogP contribution in [0.3, 0.4) is 0 Å². The maximum Gasteiger partial charge on any atom is 0.410 e. The Morgan fingerprint density at radius 3 is 2.60 bits per heavy atom. The van der Waals surface area contributed by atoms with Gasteiger partial charge in [0.25, 0.3) is 0 Å². The molecule has 0 aromatic heterocycles. The fourth-order valence-electron chi connectivity index (χ4n) is 3.08. The zero-order chi connectivity index (χ0) is 18.6. The molecule has 1 heterocycles. The van der Waals surface area contributed by atoms with Crippen LogP contribution in [0, 0.1) is 0 Å². The summed E-state index contributed by atoms with van der Waals surface area (Å²) in [6.45, 7) is 5.90. The van der Waals surface area contributed by atoms with E-state index in [0.717, 1.165) is 24.8 Å². The van der Waals surface area contributed by atoms with Gasteiger partial charge in [-0.15, -0.1) is 0 Å². The first kappa shape index (κ1) is 19.2. The van der Waals surface area contributed by atoms with Gasteiger partial charge < -0.3 is 19.5 Å². The van der Waals surface area contributed by atoms with Crippen LogP contribution in [-0.4, -0.2) is 41.3 Å². The monoisotopic (exact) mass is 349 g/mol. The molecule has 138 valence electrons. The zero-order valence-corrected chi connectivity index (χ0v) is 15.4. The van der Waals surface area contributed by atoms with Gasteiger partial charge in [0.2, 0.25) is 0 Å². The summed E-state index contributed by atoms with van der Waals surface area (Å²) in [7, 11) is 1.31. The van der Waals surface area contributed by atoms with Gasteiger partial charge >= 0.3 is 12.1 Å². The van der Waals surface area contributed by atoms with Crippen molar-refractivity contribution in [1.82, 2.24) is 4.90 Å². The predicted octanol–water partition coefficient (Wildman–Crippen LogP) is 3.43. The van der Waals surface area contributed by atoms with Crippen molar-refractivity contribution in [3.05, 3.63) is 34.9 Å². The van der Waals surface area contributed by atoms with Crippen molar-refractivity contribution >= 4 is 12.1 Å². The van der Waals surface area contributed by atoms with Gasteiger partial charge in [-0.3, -0.25) is 0 Å². The van der Waals surface area contributed by atoms with Crippen LogP contribution in [0.1, 0.15) is 67.6 Å². The number of aliphatic hydroxyl groups excluding tert-OH is 1. The Hall–Kier alpha value is -2.08. The Balaban J connectivity index is 2.30. The number of hydrogen-bond acceptors (Lipinski definition) is 5. The standard InChI is InChI=1S/C19H27NO5/c1-19(2,3)25-18(23)20-10-6-5-7-16(20)13-8-9-15(17(22)24-4)14(11-13)12-21/h8-9,11,16,21H,5-7,10,12H2,1-4H3. The molecule has 25 heavy (non-hydrogen) atoms. The lowest BCUT2D eigenvalue weighted by atomic mass is 9.93. The van der Waals surface area contributed by atoms with Crippen LogP contribution in [0.15, 0.2) is 18.2 Å². The SMILES string of the molecule is COC(=O)c1ccc(C2CCCCN2C(=O)OC(C)(C)C)cc1CO. The summed E-state index contributed by atoms with van der Waals surface area (Å²) in [5, 5.41) is 9.60. The maximum atomic E-state index is 12.6. The van der Waals surface area contributed by atoms with Crippen LogP contribution in [0.4, 0.5) is 4.79 Å². The molecule has 1 aromatic rings. The Labute approximate surface area is 148 Å². The van der Waals surface area contributed by atoms with E-state index in [1.807, 2.05) is 26.8 Å². The van der Waals surface area contributed by atoms with E-state index < -0.39 is 11.6 Å². The third-order valence-electron chi connectivity index (χ3n) is 4.22. The fraction of sp³-hybridized carbons (Fsp3) is 0.579. The number of rotatable bonds is 3. The van der Waals surface area contributed by atoms with E-state index in [-0.39, 0.29) is 18.7 Å². The Kier molecular flexibility index (Phi) is 6.06. The molecule has 1 atom stereocenters. The van der Waals surface area contributed by atoms with Crippen molar-refractivity contribution in [2.24, 2.45) is 0 Å². The van der Waals surface area contributed by atoms with Crippen LogP contribution in [0.2, 0.25) is 0 Å². The highest BCUT2D eigenvalue weighted by Gasteiger charge is 2.31. The molecular weight excluding hydrogens is 322 g/mol. The van der Waals surface area contributed by atoms with E-state index in [0.29, 0.717) is 17.7 Å². The van der Waals surface area contributed by atoms with Crippen LogP contribution >= 0.6 is 0 Å². The number of amides is 1. The maximum absolute atomic E-state index is 12.6. The molecule has 1 amide bonds. The van der Waals surface area contributed by atoms with Crippen molar-refractivity contribution in [2.75, 3.05) is 13.7 Å². The third-order valence-corrected chi connectivity index (χ3v) is 4.22. The normalized spacial score (nSPS) is 18.0. The van der Waals surface area contributed by atoms with E-state index >= 15 is 0 Å². The van der Waals surface area contributed by atoms with Crippen LogP contribution in [0.25, 0.3) is 0 Å². The minimum Gasteiger partial charge on any atom is -0.465 e. The molecule has 0 radical (unpaired) electrons. The van der Waals surface area contributed by atoms with E-state index in [2.05, 4.69) is 0 Å². The van der Waals surface area contributed by atoms with Crippen molar-refractivity contribution in [3.63, 3.8) is 0 Å². The number of esters is 1. The minimum atomic E-state index is -0.552. The van der Waals surface area contributed by atoms with Gasteiger partial charge in [-0.05, 0) is 57.2 Å². The number of aliphatic hydroxyl groups is 1. The smallest absolute Gasteiger partial charge is 0.410 e. The number of ether oxygens (including phenoxy) is 2. The minimum absolute atomic E-state index is 0.124. The summed E-state index contributed by atoms with van der Waals surface area (Å²) >= 11 is 0. The average molecular weight is 349 g/mol. The molecule has 1 N–H and O–H groups in total. The molecule has 1 fully saturated rings. The van der Waals surface area contributed by atoms with Crippen LogP contribution < -0.4 is 0 Å². The van der Waals surface area contributed by atoms with Crippen molar-refractivity contribution in [2.45, 2.75) is 58.3 Å². The molecule has 0 aliphatic carbocycles. The molecule has 2 rings (SSSR count). The lowest BCUT2D eigenvalue weighted by Gasteiger charge is -2.37.